The number of nitrogens with zero attached hydrogens (tertiary/aromatic N) is 4. The van der Waals surface area contributed by atoms with E-state index in [1.165, 1.54) is 0 Å². The molecule has 3 aliphatic heterocycles. The third-order valence-corrected chi connectivity index (χ3v) is 6.78. The Kier molecular flexibility index (Phi) is 4.94. The number of rotatable bonds is 4. The van der Waals surface area contributed by atoms with Crippen molar-refractivity contribution in [3.63, 3.8) is 0 Å². The summed E-state index contributed by atoms with van der Waals surface area (Å²) in [7, 11) is 0. The molecule has 0 bridgehead atoms. The van der Waals surface area contributed by atoms with E-state index in [-0.39, 0.29) is 17.9 Å². The monoisotopic (exact) mass is 455 g/mol. The van der Waals surface area contributed by atoms with Crippen LogP contribution in [0.25, 0.3) is 11.1 Å². The smallest absolute Gasteiger partial charge is 0.238 e. The lowest BCUT2D eigenvalue weighted by molar-refractivity contribution is -0.118. The SMILES string of the molecule is Cc1cc(Nc2cnc3c(c2)N2C(=O)CC[C@H]2CO3)ncc1-c1ccc(N2CCCC2=O)cc1. The molecule has 2 saturated heterocycles. The maximum absolute atomic E-state index is 12.4. The Morgan fingerprint density at radius 1 is 1.03 bits per heavy atom. The molecule has 172 valence electrons. The second-order valence-corrected chi connectivity index (χ2v) is 9.02. The number of ether oxygens (including phenoxy) is 1. The van der Waals surface area contributed by atoms with Crippen molar-refractivity contribution in [2.75, 3.05) is 28.3 Å². The van der Waals surface area contributed by atoms with Gasteiger partial charge in [-0.05, 0) is 55.2 Å². The highest BCUT2D eigenvalue weighted by atomic mass is 16.5. The zero-order valence-corrected chi connectivity index (χ0v) is 19.0. The Hall–Kier alpha value is -3.94. The van der Waals surface area contributed by atoms with Gasteiger partial charge < -0.3 is 19.9 Å². The fourth-order valence-electron chi connectivity index (χ4n) is 5.02. The molecule has 0 radical (unpaired) electrons. The number of amides is 2. The summed E-state index contributed by atoms with van der Waals surface area (Å²) in [5.74, 6) is 1.50. The van der Waals surface area contributed by atoms with Crippen molar-refractivity contribution in [2.45, 2.75) is 38.6 Å². The normalized spacial score (nSPS) is 19.1. The highest BCUT2D eigenvalue weighted by Crippen LogP contribution is 2.39. The van der Waals surface area contributed by atoms with Crippen LogP contribution in [-0.4, -0.2) is 41.0 Å². The second-order valence-electron chi connectivity index (χ2n) is 9.02. The number of aryl methyl sites for hydroxylation is 1. The number of aromatic nitrogens is 2. The average molecular weight is 456 g/mol. The molecule has 2 amide bonds. The van der Waals surface area contributed by atoms with Crippen LogP contribution < -0.4 is 19.9 Å². The minimum atomic E-state index is 0.0895. The van der Waals surface area contributed by atoms with Crippen LogP contribution in [0.1, 0.15) is 31.2 Å². The van der Waals surface area contributed by atoms with E-state index in [4.69, 9.17) is 4.74 Å². The average Bonchev–Trinajstić information content (AvgIpc) is 3.45. The van der Waals surface area contributed by atoms with Gasteiger partial charge in [0, 0.05) is 36.8 Å². The molecule has 8 heteroatoms. The van der Waals surface area contributed by atoms with Gasteiger partial charge in [0.15, 0.2) is 0 Å². The Morgan fingerprint density at radius 2 is 1.88 bits per heavy atom. The zero-order valence-electron chi connectivity index (χ0n) is 19.0. The highest BCUT2D eigenvalue weighted by Gasteiger charge is 2.38. The van der Waals surface area contributed by atoms with Crippen molar-refractivity contribution in [2.24, 2.45) is 0 Å². The minimum absolute atomic E-state index is 0.0895. The highest BCUT2D eigenvalue weighted by molar-refractivity contribution is 5.98. The summed E-state index contributed by atoms with van der Waals surface area (Å²) >= 11 is 0. The third kappa shape index (κ3) is 3.55. The van der Waals surface area contributed by atoms with Gasteiger partial charge in [-0.25, -0.2) is 9.97 Å². The van der Waals surface area contributed by atoms with Gasteiger partial charge in [0.25, 0.3) is 0 Å². The topological polar surface area (TPSA) is 87.7 Å². The van der Waals surface area contributed by atoms with Gasteiger partial charge in [-0.15, -0.1) is 0 Å². The van der Waals surface area contributed by atoms with Crippen LogP contribution in [0.15, 0.2) is 48.8 Å². The number of carbonyl (C=O) groups is 2. The lowest BCUT2D eigenvalue weighted by atomic mass is 10.0. The summed E-state index contributed by atoms with van der Waals surface area (Å²) in [4.78, 5) is 37.0. The molecule has 6 rings (SSSR count). The van der Waals surface area contributed by atoms with Gasteiger partial charge in [0.1, 0.15) is 18.1 Å². The number of carbonyl (C=O) groups excluding carboxylic acids is 2. The van der Waals surface area contributed by atoms with Crippen LogP contribution in [0.2, 0.25) is 0 Å². The molecule has 5 heterocycles. The van der Waals surface area contributed by atoms with Gasteiger partial charge in [0.2, 0.25) is 17.7 Å². The molecule has 3 aromatic rings. The van der Waals surface area contributed by atoms with Crippen LogP contribution in [0, 0.1) is 6.92 Å². The van der Waals surface area contributed by atoms with Gasteiger partial charge in [0.05, 0.1) is 17.9 Å². The summed E-state index contributed by atoms with van der Waals surface area (Å²) in [6.45, 7) is 3.33. The quantitative estimate of drug-likeness (QED) is 0.634. The molecule has 2 fully saturated rings. The standard InChI is InChI=1S/C26H25N5O3/c1-16-11-23(27-14-21(16)17-4-6-19(7-5-17)30-10-2-3-24(30)32)29-18-12-22-26(28-13-18)34-15-20-8-9-25(33)31(20)22/h4-7,11-14,20H,2-3,8-10,15H2,1H3,(H,27,29)/t20-/m0/s1. The largest absolute Gasteiger partial charge is 0.474 e. The van der Waals surface area contributed by atoms with E-state index in [1.54, 1.807) is 6.20 Å². The Bertz CT molecular complexity index is 1290. The summed E-state index contributed by atoms with van der Waals surface area (Å²) in [6.07, 6.45) is 6.45. The van der Waals surface area contributed by atoms with E-state index in [0.717, 1.165) is 47.5 Å². The second kappa shape index (κ2) is 8.13. The summed E-state index contributed by atoms with van der Waals surface area (Å²) < 4.78 is 5.75. The van der Waals surface area contributed by atoms with Crippen LogP contribution in [0.3, 0.4) is 0 Å². The van der Waals surface area contributed by atoms with E-state index >= 15 is 0 Å². The summed E-state index contributed by atoms with van der Waals surface area (Å²) in [5, 5.41) is 3.31. The van der Waals surface area contributed by atoms with Crippen LogP contribution >= 0.6 is 0 Å². The fourth-order valence-corrected chi connectivity index (χ4v) is 5.02. The number of hydrogen-bond acceptors (Lipinski definition) is 6. The molecular formula is C26H25N5O3. The molecule has 1 N–H and O–H groups in total. The third-order valence-electron chi connectivity index (χ3n) is 6.78. The van der Waals surface area contributed by atoms with E-state index in [0.29, 0.717) is 36.8 Å². The maximum atomic E-state index is 12.4. The van der Waals surface area contributed by atoms with E-state index in [2.05, 4.69) is 15.3 Å². The van der Waals surface area contributed by atoms with Crippen LogP contribution in [-0.2, 0) is 9.59 Å². The van der Waals surface area contributed by atoms with Crippen LogP contribution in [0.4, 0.5) is 22.9 Å². The lowest BCUT2D eigenvalue weighted by Crippen LogP contribution is -2.40. The molecule has 0 spiro atoms. The molecule has 1 aromatic carbocycles. The molecule has 1 atom stereocenters. The summed E-state index contributed by atoms with van der Waals surface area (Å²) in [5.41, 5.74) is 5.57. The van der Waals surface area contributed by atoms with Crippen molar-refractivity contribution in [1.82, 2.24) is 9.97 Å². The molecule has 8 nitrogen and oxygen atoms in total. The molecule has 0 aliphatic carbocycles. The Balaban J connectivity index is 1.22. The number of hydrogen-bond donors (Lipinski definition) is 1. The van der Waals surface area contributed by atoms with Crippen LogP contribution in [0.5, 0.6) is 5.88 Å². The molecular weight excluding hydrogens is 430 g/mol. The predicted molar refractivity (Wildman–Crippen MR) is 130 cm³/mol. The first kappa shape index (κ1) is 20.7. The van der Waals surface area contributed by atoms with Crippen molar-refractivity contribution in [3.05, 3.63) is 54.4 Å². The van der Waals surface area contributed by atoms with Gasteiger partial charge in [-0.2, -0.15) is 0 Å². The first-order valence-electron chi connectivity index (χ1n) is 11.7. The van der Waals surface area contributed by atoms with Gasteiger partial charge in [-0.3, -0.25) is 9.59 Å². The number of benzene rings is 1. The Morgan fingerprint density at radius 3 is 2.65 bits per heavy atom. The molecule has 3 aliphatic rings. The van der Waals surface area contributed by atoms with E-state index < -0.39 is 0 Å². The summed E-state index contributed by atoms with van der Waals surface area (Å²) in [6, 6.07) is 12.1. The first-order valence-corrected chi connectivity index (χ1v) is 11.7. The molecule has 2 aromatic heterocycles. The predicted octanol–water partition coefficient (Wildman–Crippen LogP) is 4.21. The van der Waals surface area contributed by atoms with E-state index in [1.807, 2.05) is 59.3 Å². The Labute approximate surface area is 197 Å². The van der Waals surface area contributed by atoms with Crippen molar-refractivity contribution in [3.8, 4) is 17.0 Å². The fraction of sp³-hybridized carbons (Fsp3) is 0.308. The molecule has 34 heavy (non-hydrogen) atoms. The number of pyridine rings is 2. The number of fused-ring (bicyclic) bond motifs is 3. The van der Waals surface area contributed by atoms with Crippen molar-refractivity contribution >= 4 is 34.7 Å². The molecule has 0 saturated carbocycles. The number of anilines is 4. The van der Waals surface area contributed by atoms with Gasteiger partial charge >= 0.3 is 0 Å². The van der Waals surface area contributed by atoms with Crippen molar-refractivity contribution in [1.29, 1.82) is 0 Å². The van der Waals surface area contributed by atoms with Gasteiger partial charge in [-0.1, -0.05) is 12.1 Å². The zero-order chi connectivity index (χ0) is 23.2. The van der Waals surface area contributed by atoms with Crippen molar-refractivity contribution < 1.29 is 14.3 Å². The molecule has 0 unspecified atom stereocenters. The minimum Gasteiger partial charge on any atom is -0.474 e. The van der Waals surface area contributed by atoms with E-state index in [9.17, 15) is 9.59 Å². The number of nitrogens with one attached hydrogen (secondary N) is 1. The first-order chi connectivity index (χ1) is 16.6. The maximum Gasteiger partial charge on any atom is 0.238 e. The lowest BCUT2D eigenvalue weighted by Gasteiger charge is -2.31.